The summed E-state index contributed by atoms with van der Waals surface area (Å²) in [5.41, 5.74) is 1.85. The van der Waals surface area contributed by atoms with Crippen LogP contribution in [-0.4, -0.2) is 19.6 Å². The summed E-state index contributed by atoms with van der Waals surface area (Å²) < 4.78 is 27.2. The van der Waals surface area contributed by atoms with Crippen molar-refractivity contribution in [1.82, 2.24) is 4.72 Å². The molecule has 6 heteroatoms. The lowest BCUT2D eigenvalue weighted by Crippen LogP contribution is -2.33. The fraction of sp³-hybridized carbons (Fsp3) is 0.231. The molecule has 0 unspecified atom stereocenters. The highest BCUT2D eigenvalue weighted by Crippen LogP contribution is 2.32. The van der Waals surface area contributed by atoms with Gasteiger partial charge in [0.2, 0.25) is 0 Å². The molecule has 0 amide bonds. The maximum absolute atomic E-state index is 12.2. The SMILES string of the molecule is O=S(=O)(N[C@@H]1c2ccccc2C[C@@H]1O)c1cccs1. The van der Waals surface area contributed by atoms with Crippen LogP contribution < -0.4 is 4.72 Å². The van der Waals surface area contributed by atoms with Crippen molar-refractivity contribution in [3.63, 3.8) is 0 Å². The van der Waals surface area contributed by atoms with Gasteiger partial charge in [-0.1, -0.05) is 30.3 Å². The van der Waals surface area contributed by atoms with Gasteiger partial charge in [0.25, 0.3) is 10.0 Å². The number of thiophene rings is 1. The van der Waals surface area contributed by atoms with Crippen molar-refractivity contribution >= 4 is 21.4 Å². The van der Waals surface area contributed by atoms with Gasteiger partial charge in [0.1, 0.15) is 4.21 Å². The van der Waals surface area contributed by atoms with E-state index in [-0.39, 0.29) is 4.21 Å². The molecule has 2 aromatic rings. The minimum Gasteiger partial charge on any atom is -0.391 e. The molecule has 2 N–H and O–H groups in total. The molecular weight excluding hydrogens is 282 g/mol. The van der Waals surface area contributed by atoms with Crippen LogP contribution >= 0.6 is 11.3 Å². The third-order valence-corrected chi connectivity index (χ3v) is 6.08. The molecule has 0 radical (unpaired) electrons. The minimum atomic E-state index is -3.57. The largest absolute Gasteiger partial charge is 0.391 e. The van der Waals surface area contributed by atoms with E-state index in [9.17, 15) is 13.5 Å². The van der Waals surface area contributed by atoms with Crippen LogP contribution in [-0.2, 0) is 16.4 Å². The first-order valence-electron chi connectivity index (χ1n) is 5.89. The second kappa shape index (κ2) is 4.72. The van der Waals surface area contributed by atoms with Crippen molar-refractivity contribution in [2.45, 2.75) is 22.8 Å². The quantitative estimate of drug-likeness (QED) is 0.905. The molecule has 100 valence electrons. The first-order chi connectivity index (χ1) is 9.08. The normalized spacial score (nSPS) is 22.4. The summed E-state index contributed by atoms with van der Waals surface area (Å²) >= 11 is 1.16. The molecule has 0 bridgehead atoms. The van der Waals surface area contributed by atoms with Crippen molar-refractivity contribution in [1.29, 1.82) is 0 Å². The summed E-state index contributed by atoms with van der Waals surface area (Å²) in [4.78, 5) is 0. The second-order valence-electron chi connectivity index (χ2n) is 4.50. The molecule has 1 aliphatic rings. The highest BCUT2D eigenvalue weighted by Gasteiger charge is 2.34. The topological polar surface area (TPSA) is 66.4 Å². The maximum atomic E-state index is 12.2. The molecule has 1 aliphatic carbocycles. The Morgan fingerprint density at radius 3 is 2.74 bits per heavy atom. The van der Waals surface area contributed by atoms with E-state index in [1.165, 1.54) is 0 Å². The molecule has 0 fully saturated rings. The molecule has 0 saturated carbocycles. The van der Waals surface area contributed by atoms with Crippen LogP contribution in [0.5, 0.6) is 0 Å². The van der Waals surface area contributed by atoms with Crippen molar-refractivity contribution in [3.05, 3.63) is 52.9 Å². The van der Waals surface area contributed by atoms with E-state index in [0.717, 1.165) is 22.5 Å². The molecular formula is C13H13NO3S2. The number of aliphatic hydroxyl groups is 1. The summed E-state index contributed by atoms with van der Waals surface area (Å²) in [7, 11) is -3.57. The van der Waals surface area contributed by atoms with Gasteiger partial charge in [-0.05, 0) is 22.6 Å². The Hall–Kier alpha value is -1.21. The predicted molar refractivity (Wildman–Crippen MR) is 73.5 cm³/mol. The van der Waals surface area contributed by atoms with Gasteiger partial charge in [0.05, 0.1) is 12.1 Å². The van der Waals surface area contributed by atoms with Gasteiger partial charge in [-0.2, -0.15) is 0 Å². The lowest BCUT2D eigenvalue weighted by molar-refractivity contribution is 0.151. The van der Waals surface area contributed by atoms with Crippen LogP contribution in [0.15, 0.2) is 46.0 Å². The smallest absolute Gasteiger partial charge is 0.250 e. The molecule has 0 aliphatic heterocycles. The van der Waals surface area contributed by atoms with E-state index in [2.05, 4.69) is 4.72 Å². The Labute approximate surface area is 115 Å². The molecule has 4 nitrogen and oxygen atoms in total. The maximum Gasteiger partial charge on any atom is 0.250 e. The molecule has 19 heavy (non-hydrogen) atoms. The summed E-state index contributed by atoms with van der Waals surface area (Å²) in [5, 5.41) is 11.8. The molecule has 1 heterocycles. The van der Waals surface area contributed by atoms with E-state index in [0.29, 0.717) is 6.42 Å². The third kappa shape index (κ3) is 2.32. The van der Waals surface area contributed by atoms with Crippen LogP contribution in [0.2, 0.25) is 0 Å². The van der Waals surface area contributed by atoms with E-state index in [1.54, 1.807) is 17.5 Å². The Morgan fingerprint density at radius 1 is 1.21 bits per heavy atom. The summed E-state index contributed by atoms with van der Waals surface area (Å²) in [5.74, 6) is 0. The number of aliphatic hydroxyl groups excluding tert-OH is 1. The van der Waals surface area contributed by atoms with Crippen LogP contribution in [0.25, 0.3) is 0 Å². The average Bonchev–Trinajstić information content (AvgIpc) is 2.99. The lowest BCUT2D eigenvalue weighted by Gasteiger charge is -2.17. The van der Waals surface area contributed by atoms with Gasteiger partial charge in [-0.3, -0.25) is 0 Å². The van der Waals surface area contributed by atoms with Crippen molar-refractivity contribution < 1.29 is 13.5 Å². The minimum absolute atomic E-state index is 0.268. The lowest BCUT2D eigenvalue weighted by atomic mass is 10.1. The molecule has 0 saturated heterocycles. The Kier molecular flexibility index (Phi) is 3.18. The highest BCUT2D eigenvalue weighted by molar-refractivity contribution is 7.91. The number of rotatable bonds is 3. The van der Waals surface area contributed by atoms with Crippen LogP contribution in [0, 0.1) is 0 Å². The fourth-order valence-corrected chi connectivity index (χ4v) is 4.62. The van der Waals surface area contributed by atoms with Gasteiger partial charge in [0.15, 0.2) is 0 Å². The zero-order valence-corrected chi connectivity index (χ0v) is 11.6. The van der Waals surface area contributed by atoms with Gasteiger partial charge in [0, 0.05) is 6.42 Å². The zero-order valence-electron chi connectivity index (χ0n) is 9.98. The molecule has 0 spiro atoms. The average molecular weight is 295 g/mol. The Balaban J connectivity index is 1.92. The monoisotopic (exact) mass is 295 g/mol. The third-order valence-electron chi connectivity index (χ3n) is 3.25. The number of hydrogen-bond acceptors (Lipinski definition) is 4. The van der Waals surface area contributed by atoms with Gasteiger partial charge in [-0.15, -0.1) is 11.3 Å². The van der Waals surface area contributed by atoms with Crippen molar-refractivity contribution in [3.8, 4) is 0 Å². The second-order valence-corrected chi connectivity index (χ2v) is 7.39. The Morgan fingerprint density at radius 2 is 2.00 bits per heavy atom. The molecule has 1 aromatic heterocycles. The number of fused-ring (bicyclic) bond motifs is 1. The van der Waals surface area contributed by atoms with E-state index >= 15 is 0 Å². The van der Waals surface area contributed by atoms with Crippen LogP contribution in [0.1, 0.15) is 17.2 Å². The molecule has 2 atom stereocenters. The fourth-order valence-electron chi connectivity index (χ4n) is 2.36. The van der Waals surface area contributed by atoms with E-state index in [4.69, 9.17) is 0 Å². The predicted octanol–water partition coefficient (Wildman–Crippen LogP) is 1.68. The van der Waals surface area contributed by atoms with Crippen LogP contribution in [0.4, 0.5) is 0 Å². The number of nitrogens with one attached hydrogen (secondary N) is 1. The highest BCUT2D eigenvalue weighted by atomic mass is 32.2. The summed E-state index contributed by atoms with van der Waals surface area (Å²) in [6.45, 7) is 0. The van der Waals surface area contributed by atoms with Crippen molar-refractivity contribution in [2.75, 3.05) is 0 Å². The van der Waals surface area contributed by atoms with Gasteiger partial charge >= 0.3 is 0 Å². The number of sulfonamides is 1. The van der Waals surface area contributed by atoms with Gasteiger partial charge < -0.3 is 5.11 Å². The zero-order chi connectivity index (χ0) is 13.5. The summed E-state index contributed by atoms with van der Waals surface area (Å²) in [6, 6.07) is 10.2. The van der Waals surface area contributed by atoms with Crippen molar-refractivity contribution in [2.24, 2.45) is 0 Å². The molecule has 3 rings (SSSR count). The number of hydrogen-bond donors (Lipinski definition) is 2. The van der Waals surface area contributed by atoms with Gasteiger partial charge in [-0.25, -0.2) is 13.1 Å². The van der Waals surface area contributed by atoms with Crippen LogP contribution in [0.3, 0.4) is 0 Å². The Bertz CT molecular complexity index is 680. The standard InChI is InChI=1S/C13H13NO3S2/c15-11-8-9-4-1-2-5-10(9)13(11)14-19(16,17)12-6-3-7-18-12/h1-7,11,13-15H,8H2/t11-,13+/m0/s1. The first kappa shape index (κ1) is 12.8. The van der Waals surface area contributed by atoms with E-state index < -0.39 is 22.2 Å². The first-order valence-corrected chi connectivity index (χ1v) is 8.26. The van der Waals surface area contributed by atoms with E-state index in [1.807, 2.05) is 24.3 Å². The summed E-state index contributed by atoms with van der Waals surface area (Å²) in [6.07, 6.45) is -0.236. The molecule has 1 aromatic carbocycles. The number of benzene rings is 1.